The number of fused-ring (bicyclic) bond motifs is 4. The van der Waals surface area contributed by atoms with Gasteiger partial charge in [-0.05, 0) is 55.7 Å². The van der Waals surface area contributed by atoms with Crippen molar-refractivity contribution in [2.24, 2.45) is 0 Å². The highest BCUT2D eigenvalue weighted by Crippen LogP contribution is 2.42. The number of hydrogen-bond donors (Lipinski definition) is 1. The SMILES string of the molecule is O[C@H]1CCCc2c(Oc3ncnc4sc5c(c34)CCC5)cccc21. The fraction of sp³-hybridized carbons (Fsp3) is 0.368. The van der Waals surface area contributed by atoms with Gasteiger partial charge in [-0.25, -0.2) is 9.97 Å². The van der Waals surface area contributed by atoms with Crippen molar-refractivity contribution in [2.45, 2.75) is 44.6 Å². The van der Waals surface area contributed by atoms with Crippen molar-refractivity contribution in [3.8, 4) is 11.6 Å². The first kappa shape index (κ1) is 14.4. The van der Waals surface area contributed by atoms with E-state index in [1.165, 1.54) is 16.9 Å². The van der Waals surface area contributed by atoms with Crippen LogP contribution in [-0.4, -0.2) is 15.1 Å². The van der Waals surface area contributed by atoms with Crippen LogP contribution in [-0.2, 0) is 19.3 Å². The van der Waals surface area contributed by atoms with E-state index >= 15 is 0 Å². The van der Waals surface area contributed by atoms with E-state index in [4.69, 9.17) is 4.74 Å². The fourth-order valence-electron chi connectivity index (χ4n) is 3.97. The Hall–Kier alpha value is -1.98. The molecule has 0 fully saturated rings. The molecule has 5 heteroatoms. The predicted octanol–water partition coefficient (Wildman–Crippen LogP) is 4.34. The van der Waals surface area contributed by atoms with E-state index in [0.717, 1.165) is 59.2 Å². The first-order valence-electron chi connectivity index (χ1n) is 8.54. The number of benzene rings is 1. The minimum absolute atomic E-state index is 0.381. The van der Waals surface area contributed by atoms with E-state index in [1.807, 2.05) is 18.2 Å². The van der Waals surface area contributed by atoms with E-state index in [-0.39, 0.29) is 6.10 Å². The topological polar surface area (TPSA) is 55.2 Å². The number of aryl methyl sites for hydroxylation is 2. The molecule has 0 amide bonds. The predicted molar refractivity (Wildman–Crippen MR) is 93.9 cm³/mol. The molecule has 0 bridgehead atoms. The molecule has 0 spiro atoms. The van der Waals surface area contributed by atoms with Crippen LogP contribution in [0.2, 0.25) is 0 Å². The zero-order valence-electron chi connectivity index (χ0n) is 13.3. The molecule has 2 aromatic heterocycles. The summed E-state index contributed by atoms with van der Waals surface area (Å²) in [6, 6.07) is 5.94. The Labute approximate surface area is 144 Å². The van der Waals surface area contributed by atoms with Gasteiger partial charge in [0, 0.05) is 10.4 Å². The monoisotopic (exact) mass is 338 g/mol. The molecule has 0 aliphatic heterocycles. The summed E-state index contributed by atoms with van der Waals surface area (Å²) in [6.45, 7) is 0. The average molecular weight is 338 g/mol. The average Bonchev–Trinajstić information content (AvgIpc) is 3.17. The van der Waals surface area contributed by atoms with Crippen molar-refractivity contribution in [3.05, 3.63) is 46.1 Å². The van der Waals surface area contributed by atoms with Crippen LogP contribution in [0.1, 0.15) is 46.9 Å². The highest BCUT2D eigenvalue weighted by molar-refractivity contribution is 7.18. The Morgan fingerprint density at radius 2 is 2.00 bits per heavy atom. The molecule has 24 heavy (non-hydrogen) atoms. The lowest BCUT2D eigenvalue weighted by Crippen LogP contribution is -2.10. The molecule has 0 unspecified atom stereocenters. The number of nitrogens with zero attached hydrogens (tertiary/aromatic N) is 2. The molecular weight excluding hydrogens is 320 g/mol. The van der Waals surface area contributed by atoms with Crippen LogP contribution in [0, 0.1) is 0 Å². The molecule has 1 atom stereocenters. The number of hydrogen-bond acceptors (Lipinski definition) is 5. The van der Waals surface area contributed by atoms with Gasteiger partial charge >= 0.3 is 0 Å². The zero-order chi connectivity index (χ0) is 16.1. The Morgan fingerprint density at radius 1 is 1.08 bits per heavy atom. The first-order chi connectivity index (χ1) is 11.8. The highest BCUT2D eigenvalue weighted by atomic mass is 32.1. The zero-order valence-corrected chi connectivity index (χ0v) is 14.1. The van der Waals surface area contributed by atoms with Gasteiger partial charge in [0.05, 0.1) is 11.5 Å². The normalized spacial score (nSPS) is 19.3. The van der Waals surface area contributed by atoms with Crippen molar-refractivity contribution in [1.29, 1.82) is 0 Å². The van der Waals surface area contributed by atoms with Crippen molar-refractivity contribution in [1.82, 2.24) is 9.97 Å². The van der Waals surface area contributed by atoms with Gasteiger partial charge in [0.15, 0.2) is 0 Å². The van der Waals surface area contributed by atoms with Crippen LogP contribution in [0.15, 0.2) is 24.5 Å². The molecule has 122 valence electrons. The maximum atomic E-state index is 10.2. The molecule has 5 rings (SSSR count). The number of aliphatic hydroxyl groups is 1. The second kappa shape index (κ2) is 5.53. The number of ether oxygens (including phenoxy) is 1. The van der Waals surface area contributed by atoms with Crippen LogP contribution in [0.4, 0.5) is 0 Å². The molecule has 2 aliphatic rings. The Bertz CT molecular complexity index is 935. The molecule has 3 aromatic rings. The Balaban J connectivity index is 1.62. The van der Waals surface area contributed by atoms with Gasteiger partial charge in [-0.1, -0.05) is 12.1 Å². The van der Waals surface area contributed by atoms with Crippen LogP contribution in [0.5, 0.6) is 11.6 Å². The first-order valence-corrected chi connectivity index (χ1v) is 9.36. The van der Waals surface area contributed by atoms with Gasteiger partial charge in [-0.3, -0.25) is 0 Å². The lowest BCUT2D eigenvalue weighted by Gasteiger charge is -2.23. The lowest BCUT2D eigenvalue weighted by atomic mass is 9.89. The summed E-state index contributed by atoms with van der Waals surface area (Å²) in [7, 11) is 0. The molecule has 4 nitrogen and oxygen atoms in total. The summed E-state index contributed by atoms with van der Waals surface area (Å²) in [5.74, 6) is 1.48. The highest BCUT2D eigenvalue weighted by Gasteiger charge is 2.24. The lowest BCUT2D eigenvalue weighted by molar-refractivity contribution is 0.156. The third-order valence-corrected chi connectivity index (χ3v) is 6.31. The number of aliphatic hydroxyl groups excluding tert-OH is 1. The van der Waals surface area contributed by atoms with Crippen LogP contribution in [0.25, 0.3) is 10.2 Å². The molecule has 1 N–H and O–H groups in total. The Kier molecular flexibility index (Phi) is 3.31. The van der Waals surface area contributed by atoms with Crippen molar-refractivity contribution in [3.63, 3.8) is 0 Å². The summed E-state index contributed by atoms with van der Waals surface area (Å²) < 4.78 is 6.27. The number of thiophene rings is 1. The van der Waals surface area contributed by atoms with E-state index in [1.54, 1.807) is 17.7 Å². The summed E-state index contributed by atoms with van der Waals surface area (Å²) in [4.78, 5) is 11.3. The third kappa shape index (κ3) is 2.15. The molecule has 0 saturated carbocycles. The minimum atomic E-state index is -0.381. The Morgan fingerprint density at radius 3 is 2.96 bits per heavy atom. The van der Waals surface area contributed by atoms with E-state index in [9.17, 15) is 5.11 Å². The van der Waals surface area contributed by atoms with E-state index < -0.39 is 0 Å². The quantitative estimate of drug-likeness (QED) is 0.755. The van der Waals surface area contributed by atoms with Gasteiger partial charge in [0.1, 0.15) is 16.9 Å². The smallest absolute Gasteiger partial charge is 0.231 e. The summed E-state index contributed by atoms with van der Waals surface area (Å²) in [5.41, 5.74) is 3.49. The van der Waals surface area contributed by atoms with Gasteiger partial charge in [-0.2, -0.15) is 0 Å². The number of rotatable bonds is 2. The van der Waals surface area contributed by atoms with Crippen LogP contribution < -0.4 is 4.74 Å². The largest absolute Gasteiger partial charge is 0.438 e. The van der Waals surface area contributed by atoms with Crippen LogP contribution >= 0.6 is 11.3 Å². The maximum absolute atomic E-state index is 10.2. The fourth-order valence-corrected chi connectivity index (χ4v) is 5.19. The van der Waals surface area contributed by atoms with Gasteiger partial charge < -0.3 is 9.84 Å². The summed E-state index contributed by atoms with van der Waals surface area (Å²) >= 11 is 1.77. The maximum Gasteiger partial charge on any atom is 0.231 e. The van der Waals surface area contributed by atoms with Crippen molar-refractivity contribution >= 4 is 21.6 Å². The molecule has 0 radical (unpaired) electrons. The molecular formula is C19H18N2O2S. The van der Waals surface area contributed by atoms with Gasteiger partial charge in [0.25, 0.3) is 0 Å². The molecule has 2 heterocycles. The van der Waals surface area contributed by atoms with Crippen molar-refractivity contribution in [2.75, 3.05) is 0 Å². The molecule has 0 saturated heterocycles. The third-order valence-electron chi connectivity index (χ3n) is 5.11. The molecule has 1 aromatic carbocycles. The minimum Gasteiger partial charge on any atom is -0.438 e. The van der Waals surface area contributed by atoms with Gasteiger partial charge in [0.2, 0.25) is 5.88 Å². The molecule has 2 aliphatic carbocycles. The van der Waals surface area contributed by atoms with Crippen molar-refractivity contribution < 1.29 is 9.84 Å². The van der Waals surface area contributed by atoms with E-state index in [2.05, 4.69) is 9.97 Å². The van der Waals surface area contributed by atoms with Gasteiger partial charge in [-0.15, -0.1) is 11.3 Å². The second-order valence-electron chi connectivity index (χ2n) is 6.55. The standard InChI is InChI=1S/C19H18N2O2S/c22-14-7-1-5-12-11(14)4-2-8-15(12)23-18-17-13-6-3-9-16(13)24-19(17)21-10-20-18/h2,4,8,10,14,22H,1,3,5-7,9H2/t14-/m0/s1. The second-order valence-corrected chi connectivity index (χ2v) is 7.63. The summed E-state index contributed by atoms with van der Waals surface area (Å²) in [5, 5.41) is 11.3. The van der Waals surface area contributed by atoms with E-state index in [0.29, 0.717) is 5.88 Å². The number of aromatic nitrogens is 2. The van der Waals surface area contributed by atoms with Crippen LogP contribution in [0.3, 0.4) is 0 Å². The summed E-state index contributed by atoms with van der Waals surface area (Å²) in [6.07, 6.45) is 7.40.